The minimum absolute atomic E-state index is 0.103. The van der Waals surface area contributed by atoms with Gasteiger partial charge in [0.05, 0.1) is 4.99 Å². The number of amides is 1. The Morgan fingerprint density at radius 1 is 1.31 bits per heavy atom. The zero-order valence-electron chi connectivity index (χ0n) is 8.94. The van der Waals surface area contributed by atoms with Gasteiger partial charge in [0.1, 0.15) is 11.5 Å². The number of hydrogen-bond donors (Lipinski definition) is 2. The van der Waals surface area contributed by atoms with Crippen LogP contribution in [0.5, 0.6) is 0 Å². The fraction of sp³-hybridized carbons (Fsp3) is 0.778. The highest BCUT2D eigenvalue weighted by molar-refractivity contribution is 7.94. The molecule has 0 bridgehead atoms. The third kappa shape index (κ3) is 4.89. The first-order valence-corrected chi connectivity index (χ1v) is 7.40. The van der Waals surface area contributed by atoms with Crippen LogP contribution in [0.25, 0.3) is 0 Å². The molecular formula is C9H16N2O3S2. The van der Waals surface area contributed by atoms with E-state index in [0.717, 1.165) is 25.7 Å². The van der Waals surface area contributed by atoms with Crippen LogP contribution < -0.4 is 11.1 Å². The van der Waals surface area contributed by atoms with Gasteiger partial charge in [0, 0.05) is 6.04 Å². The second-order valence-corrected chi connectivity index (χ2v) is 6.64. The van der Waals surface area contributed by atoms with Gasteiger partial charge in [-0.05, 0) is 12.8 Å². The SMILES string of the molecule is NC(=S)CS(=O)(=O)CC(=O)NC1CCCC1. The highest BCUT2D eigenvalue weighted by Crippen LogP contribution is 2.17. The van der Waals surface area contributed by atoms with E-state index >= 15 is 0 Å². The molecule has 1 aliphatic carbocycles. The van der Waals surface area contributed by atoms with Gasteiger partial charge in [-0.1, -0.05) is 25.1 Å². The van der Waals surface area contributed by atoms with Gasteiger partial charge >= 0.3 is 0 Å². The fourth-order valence-corrected chi connectivity index (χ4v) is 3.36. The van der Waals surface area contributed by atoms with E-state index in [1.165, 1.54) is 0 Å². The summed E-state index contributed by atoms with van der Waals surface area (Å²) in [4.78, 5) is 11.3. The lowest BCUT2D eigenvalue weighted by atomic mass is 10.2. The smallest absolute Gasteiger partial charge is 0.235 e. The Labute approximate surface area is 101 Å². The molecule has 0 spiro atoms. The first-order valence-electron chi connectivity index (χ1n) is 5.17. The molecule has 3 N–H and O–H groups in total. The van der Waals surface area contributed by atoms with Gasteiger partial charge in [0.25, 0.3) is 0 Å². The average Bonchev–Trinajstić information content (AvgIpc) is 2.51. The number of sulfone groups is 1. The molecule has 0 saturated heterocycles. The molecule has 1 aliphatic rings. The quantitative estimate of drug-likeness (QED) is 0.668. The molecule has 92 valence electrons. The van der Waals surface area contributed by atoms with Gasteiger partial charge in [0.15, 0.2) is 9.84 Å². The Bertz CT molecular complexity index is 372. The van der Waals surface area contributed by atoms with E-state index in [1.807, 2.05) is 0 Å². The van der Waals surface area contributed by atoms with Crippen molar-refractivity contribution in [2.75, 3.05) is 11.5 Å². The van der Waals surface area contributed by atoms with Crippen molar-refractivity contribution in [3.63, 3.8) is 0 Å². The Kier molecular flexibility index (Phi) is 4.67. The monoisotopic (exact) mass is 264 g/mol. The van der Waals surface area contributed by atoms with Crippen molar-refractivity contribution in [2.45, 2.75) is 31.7 Å². The predicted molar refractivity (Wildman–Crippen MR) is 65.8 cm³/mol. The van der Waals surface area contributed by atoms with Crippen LogP contribution in [0.15, 0.2) is 0 Å². The molecule has 0 radical (unpaired) electrons. The molecule has 0 aliphatic heterocycles. The summed E-state index contributed by atoms with van der Waals surface area (Å²) >= 11 is 4.51. The Hall–Kier alpha value is -0.690. The maximum Gasteiger partial charge on any atom is 0.235 e. The third-order valence-electron chi connectivity index (χ3n) is 2.43. The summed E-state index contributed by atoms with van der Waals surface area (Å²) in [6.07, 6.45) is 4.04. The van der Waals surface area contributed by atoms with Crippen LogP contribution in [0.3, 0.4) is 0 Å². The van der Waals surface area contributed by atoms with Gasteiger partial charge in [0.2, 0.25) is 5.91 Å². The Morgan fingerprint density at radius 3 is 2.38 bits per heavy atom. The molecule has 0 atom stereocenters. The number of hydrogen-bond acceptors (Lipinski definition) is 4. The van der Waals surface area contributed by atoms with Gasteiger partial charge in [-0.2, -0.15) is 0 Å². The molecule has 1 fully saturated rings. The predicted octanol–water partition coefficient (Wildman–Crippen LogP) is -0.254. The average molecular weight is 264 g/mol. The number of thiocarbonyl (C=S) groups is 1. The van der Waals surface area contributed by atoms with Crippen molar-refractivity contribution in [3.05, 3.63) is 0 Å². The second kappa shape index (κ2) is 5.58. The first-order chi connectivity index (χ1) is 7.39. The minimum Gasteiger partial charge on any atom is -0.392 e. The minimum atomic E-state index is -3.50. The number of nitrogens with one attached hydrogen (secondary N) is 1. The van der Waals surface area contributed by atoms with Crippen LogP contribution >= 0.6 is 12.2 Å². The second-order valence-electron chi connectivity index (χ2n) is 4.05. The van der Waals surface area contributed by atoms with Crippen molar-refractivity contribution in [1.82, 2.24) is 5.32 Å². The molecule has 0 unspecified atom stereocenters. The summed E-state index contributed by atoms with van der Waals surface area (Å²) in [5, 5.41) is 2.71. The van der Waals surface area contributed by atoms with Gasteiger partial charge in [-0.25, -0.2) is 8.42 Å². The van der Waals surface area contributed by atoms with Crippen molar-refractivity contribution >= 4 is 33.0 Å². The lowest BCUT2D eigenvalue weighted by Gasteiger charge is -2.11. The summed E-state index contributed by atoms with van der Waals surface area (Å²) in [6.45, 7) is 0. The number of carbonyl (C=O) groups excluding carboxylic acids is 1. The van der Waals surface area contributed by atoms with Crippen molar-refractivity contribution in [2.24, 2.45) is 5.73 Å². The molecule has 7 heteroatoms. The summed E-state index contributed by atoms with van der Waals surface area (Å²) in [6, 6.07) is 0.132. The molecule has 5 nitrogen and oxygen atoms in total. The van der Waals surface area contributed by atoms with Crippen LogP contribution in [-0.2, 0) is 14.6 Å². The van der Waals surface area contributed by atoms with E-state index in [0.29, 0.717) is 0 Å². The zero-order valence-corrected chi connectivity index (χ0v) is 10.6. The number of nitrogens with two attached hydrogens (primary N) is 1. The van der Waals surface area contributed by atoms with Gasteiger partial charge in [-0.15, -0.1) is 0 Å². The van der Waals surface area contributed by atoms with Crippen LogP contribution in [0.2, 0.25) is 0 Å². The summed E-state index contributed by atoms with van der Waals surface area (Å²) in [5.41, 5.74) is 5.14. The van der Waals surface area contributed by atoms with Crippen molar-refractivity contribution < 1.29 is 13.2 Å². The maximum absolute atomic E-state index is 11.4. The van der Waals surface area contributed by atoms with Crippen LogP contribution in [0, 0.1) is 0 Å². The van der Waals surface area contributed by atoms with Crippen molar-refractivity contribution in [3.8, 4) is 0 Å². The Balaban J connectivity index is 2.41. The fourth-order valence-electron chi connectivity index (χ4n) is 1.81. The maximum atomic E-state index is 11.4. The Morgan fingerprint density at radius 2 is 1.88 bits per heavy atom. The molecule has 0 aromatic carbocycles. The van der Waals surface area contributed by atoms with Crippen LogP contribution in [0.1, 0.15) is 25.7 Å². The normalized spacial score (nSPS) is 17.2. The molecule has 1 amide bonds. The van der Waals surface area contributed by atoms with E-state index in [4.69, 9.17) is 5.73 Å². The lowest BCUT2D eigenvalue weighted by molar-refractivity contribution is -0.119. The molecule has 0 aromatic rings. The number of carbonyl (C=O) groups is 1. The van der Waals surface area contributed by atoms with Gasteiger partial charge in [-0.3, -0.25) is 4.79 Å². The molecular weight excluding hydrogens is 248 g/mol. The molecule has 1 rings (SSSR count). The van der Waals surface area contributed by atoms with Gasteiger partial charge < -0.3 is 11.1 Å². The van der Waals surface area contributed by atoms with E-state index in [9.17, 15) is 13.2 Å². The van der Waals surface area contributed by atoms with E-state index in [-0.39, 0.29) is 11.0 Å². The summed E-state index contributed by atoms with van der Waals surface area (Å²) in [5.74, 6) is -1.38. The van der Waals surface area contributed by atoms with E-state index < -0.39 is 27.3 Å². The summed E-state index contributed by atoms with van der Waals surface area (Å²) in [7, 11) is -3.50. The van der Waals surface area contributed by atoms with Crippen LogP contribution in [-0.4, -0.2) is 36.9 Å². The standard InChI is InChI=1S/C9H16N2O3S2/c10-8(15)5-16(13,14)6-9(12)11-7-3-1-2-4-7/h7H,1-6H2,(H2,10,15)(H,11,12). The third-order valence-corrected chi connectivity index (χ3v) is 4.21. The zero-order chi connectivity index (χ0) is 12.2. The number of rotatable bonds is 5. The van der Waals surface area contributed by atoms with E-state index in [2.05, 4.69) is 17.5 Å². The largest absolute Gasteiger partial charge is 0.392 e. The highest BCUT2D eigenvalue weighted by Gasteiger charge is 2.21. The van der Waals surface area contributed by atoms with Crippen molar-refractivity contribution in [1.29, 1.82) is 0 Å². The topological polar surface area (TPSA) is 89.3 Å². The highest BCUT2D eigenvalue weighted by atomic mass is 32.2. The summed E-state index contributed by atoms with van der Waals surface area (Å²) < 4.78 is 22.8. The molecule has 1 saturated carbocycles. The molecule has 16 heavy (non-hydrogen) atoms. The first kappa shape index (κ1) is 13.4. The van der Waals surface area contributed by atoms with Crippen LogP contribution in [0.4, 0.5) is 0 Å². The lowest BCUT2D eigenvalue weighted by Crippen LogP contribution is -2.38. The molecule has 0 aromatic heterocycles. The van der Waals surface area contributed by atoms with E-state index in [1.54, 1.807) is 0 Å². The molecule has 0 heterocycles.